The van der Waals surface area contributed by atoms with Crippen molar-refractivity contribution in [2.45, 2.75) is 25.7 Å². The van der Waals surface area contributed by atoms with E-state index in [2.05, 4.69) is 5.32 Å². The molecule has 4 nitrogen and oxygen atoms in total. The molecule has 110 valence electrons. The van der Waals surface area contributed by atoms with Crippen LogP contribution in [0.15, 0.2) is 12.1 Å². The molecular weight excluding hydrogens is 290 g/mol. The minimum atomic E-state index is -0.203. The minimum Gasteiger partial charge on any atom is -0.482 e. The van der Waals surface area contributed by atoms with Crippen LogP contribution in [0.5, 0.6) is 5.75 Å². The van der Waals surface area contributed by atoms with Gasteiger partial charge in [0, 0.05) is 11.5 Å². The first kappa shape index (κ1) is 13.1. The lowest BCUT2D eigenvalue weighted by molar-refractivity contribution is -0.118. The number of benzene rings is 1. The van der Waals surface area contributed by atoms with Crippen LogP contribution in [0.25, 0.3) is 0 Å². The number of ketones is 1. The van der Waals surface area contributed by atoms with Gasteiger partial charge in [-0.15, -0.1) is 0 Å². The highest BCUT2D eigenvalue weighted by molar-refractivity contribution is 6.34. The van der Waals surface area contributed by atoms with E-state index < -0.39 is 0 Å². The number of rotatable bonds is 2. The zero-order valence-corrected chi connectivity index (χ0v) is 12.3. The molecule has 4 rings (SSSR count). The molecule has 1 heterocycles. The lowest BCUT2D eigenvalue weighted by Crippen LogP contribution is -2.26. The summed E-state index contributed by atoms with van der Waals surface area (Å²) in [5, 5.41) is 3.10. The van der Waals surface area contributed by atoms with Crippen molar-refractivity contribution in [3.05, 3.63) is 22.7 Å². The molecule has 0 saturated heterocycles. The van der Waals surface area contributed by atoms with E-state index in [-0.39, 0.29) is 24.2 Å². The first-order valence-corrected chi connectivity index (χ1v) is 7.80. The Morgan fingerprint density at radius 2 is 2.14 bits per heavy atom. The third kappa shape index (κ3) is 2.13. The van der Waals surface area contributed by atoms with Crippen molar-refractivity contribution in [2.24, 2.45) is 17.8 Å². The lowest BCUT2D eigenvalue weighted by atomic mass is 9.83. The summed E-state index contributed by atoms with van der Waals surface area (Å²) in [4.78, 5) is 24.1. The van der Waals surface area contributed by atoms with Crippen molar-refractivity contribution in [2.75, 3.05) is 11.9 Å². The van der Waals surface area contributed by atoms with Crippen LogP contribution in [0.2, 0.25) is 5.02 Å². The second-order valence-corrected chi connectivity index (χ2v) is 6.72. The highest BCUT2D eigenvalue weighted by Crippen LogP contribution is 2.50. The quantitative estimate of drug-likeness (QED) is 0.853. The molecule has 2 aliphatic carbocycles. The summed E-state index contributed by atoms with van der Waals surface area (Å²) in [5.41, 5.74) is 1.07. The SMILES string of the molecule is O=C1COc2cc(C(=O)C3CC4CCC3C4)c(Cl)cc2N1. The average Bonchev–Trinajstić information content (AvgIpc) is 3.08. The fourth-order valence-corrected chi connectivity index (χ4v) is 4.31. The summed E-state index contributed by atoms with van der Waals surface area (Å²) in [5.74, 6) is 1.82. The fraction of sp³-hybridized carbons (Fsp3) is 0.500. The van der Waals surface area contributed by atoms with Crippen LogP contribution in [0.4, 0.5) is 5.69 Å². The molecule has 0 aromatic heterocycles. The van der Waals surface area contributed by atoms with Crippen LogP contribution in [0.3, 0.4) is 0 Å². The molecular formula is C16H16ClNO3. The molecule has 1 aliphatic heterocycles. The summed E-state index contributed by atoms with van der Waals surface area (Å²) in [6.07, 6.45) is 4.61. The molecule has 3 unspecified atom stereocenters. The van der Waals surface area contributed by atoms with E-state index in [4.69, 9.17) is 16.3 Å². The van der Waals surface area contributed by atoms with Gasteiger partial charge in [-0.3, -0.25) is 9.59 Å². The lowest BCUT2D eigenvalue weighted by Gasteiger charge is -2.23. The van der Waals surface area contributed by atoms with E-state index in [0.29, 0.717) is 27.9 Å². The Kier molecular flexibility index (Phi) is 2.96. The van der Waals surface area contributed by atoms with Crippen molar-refractivity contribution in [1.29, 1.82) is 0 Å². The molecule has 1 amide bonds. The zero-order chi connectivity index (χ0) is 14.6. The number of hydrogen-bond acceptors (Lipinski definition) is 3. The van der Waals surface area contributed by atoms with Gasteiger partial charge in [-0.25, -0.2) is 0 Å². The van der Waals surface area contributed by atoms with E-state index in [0.717, 1.165) is 18.8 Å². The van der Waals surface area contributed by atoms with Crippen molar-refractivity contribution >= 4 is 29.0 Å². The molecule has 0 radical (unpaired) electrons. The van der Waals surface area contributed by atoms with Crippen LogP contribution in [-0.4, -0.2) is 18.3 Å². The molecule has 2 bridgehead atoms. The maximum Gasteiger partial charge on any atom is 0.262 e. The van der Waals surface area contributed by atoms with Gasteiger partial charge in [0.25, 0.3) is 5.91 Å². The summed E-state index contributed by atoms with van der Waals surface area (Å²) in [6, 6.07) is 3.31. The second kappa shape index (κ2) is 4.73. The number of ether oxygens (including phenoxy) is 1. The van der Waals surface area contributed by atoms with E-state index in [9.17, 15) is 9.59 Å². The van der Waals surface area contributed by atoms with Crippen LogP contribution in [0.1, 0.15) is 36.0 Å². The standard InChI is InChI=1S/C16H16ClNO3/c17-12-6-13-14(21-7-15(19)18-13)5-11(12)16(20)10-4-8-1-2-9(10)3-8/h5-6,8-10H,1-4,7H2,(H,18,19). The van der Waals surface area contributed by atoms with Crippen molar-refractivity contribution in [3.63, 3.8) is 0 Å². The minimum absolute atomic E-state index is 0.0175. The fourth-order valence-electron chi connectivity index (χ4n) is 4.05. The van der Waals surface area contributed by atoms with Gasteiger partial charge >= 0.3 is 0 Å². The van der Waals surface area contributed by atoms with Crippen molar-refractivity contribution in [3.8, 4) is 5.75 Å². The van der Waals surface area contributed by atoms with Gasteiger partial charge in [0.15, 0.2) is 12.4 Å². The Balaban J connectivity index is 1.66. The maximum atomic E-state index is 12.8. The van der Waals surface area contributed by atoms with E-state index in [1.54, 1.807) is 12.1 Å². The number of fused-ring (bicyclic) bond motifs is 3. The third-order valence-corrected chi connectivity index (χ3v) is 5.36. The number of carbonyl (C=O) groups excluding carboxylic acids is 2. The largest absolute Gasteiger partial charge is 0.482 e. The first-order chi connectivity index (χ1) is 10.1. The molecule has 5 heteroatoms. The molecule has 1 aromatic rings. The summed E-state index contributed by atoms with van der Waals surface area (Å²) >= 11 is 6.26. The summed E-state index contributed by atoms with van der Waals surface area (Å²) in [7, 11) is 0. The molecule has 3 aliphatic rings. The van der Waals surface area contributed by atoms with Crippen LogP contribution in [0, 0.1) is 17.8 Å². The van der Waals surface area contributed by atoms with E-state index >= 15 is 0 Å². The molecule has 2 fully saturated rings. The summed E-state index contributed by atoms with van der Waals surface area (Å²) < 4.78 is 5.38. The van der Waals surface area contributed by atoms with Gasteiger partial charge in [0.05, 0.1) is 10.7 Å². The normalized spacial score (nSPS) is 29.8. The van der Waals surface area contributed by atoms with Gasteiger partial charge in [-0.2, -0.15) is 0 Å². The van der Waals surface area contributed by atoms with Gasteiger partial charge in [-0.1, -0.05) is 18.0 Å². The molecule has 21 heavy (non-hydrogen) atoms. The highest BCUT2D eigenvalue weighted by Gasteiger charge is 2.43. The molecule has 1 N–H and O–H groups in total. The highest BCUT2D eigenvalue weighted by atomic mass is 35.5. The number of Topliss-reactive ketones (excluding diaryl/α,β-unsaturated/α-hetero) is 1. The predicted molar refractivity (Wildman–Crippen MR) is 78.8 cm³/mol. The zero-order valence-electron chi connectivity index (χ0n) is 11.5. The number of nitrogens with one attached hydrogen (secondary N) is 1. The monoisotopic (exact) mass is 305 g/mol. The molecule has 2 saturated carbocycles. The summed E-state index contributed by atoms with van der Waals surface area (Å²) in [6.45, 7) is -0.0175. The second-order valence-electron chi connectivity index (χ2n) is 6.31. The number of carbonyl (C=O) groups is 2. The average molecular weight is 306 g/mol. The Morgan fingerprint density at radius 1 is 1.29 bits per heavy atom. The molecule has 0 spiro atoms. The van der Waals surface area contributed by atoms with Crippen LogP contribution in [-0.2, 0) is 4.79 Å². The Labute approximate surface area is 127 Å². The van der Waals surface area contributed by atoms with E-state index in [1.807, 2.05) is 0 Å². The van der Waals surface area contributed by atoms with Gasteiger partial charge in [0.2, 0.25) is 0 Å². The van der Waals surface area contributed by atoms with Gasteiger partial charge in [0.1, 0.15) is 5.75 Å². The van der Waals surface area contributed by atoms with E-state index in [1.165, 1.54) is 12.8 Å². The Morgan fingerprint density at radius 3 is 2.86 bits per heavy atom. The van der Waals surface area contributed by atoms with Crippen LogP contribution >= 0.6 is 11.6 Å². The van der Waals surface area contributed by atoms with Gasteiger partial charge < -0.3 is 10.1 Å². The topological polar surface area (TPSA) is 55.4 Å². The molecule has 1 aromatic carbocycles. The Hall–Kier alpha value is -1.55. The Bertz CT molecular complexity index is 643. The first-order valence-electron chi connectivity index (χ1n) is 7.42. The predicted octanol–water partition coefficient (Wildman–Crippen LogP) is 3.29. The number of anilines is 1. The number of amides is 1. The molecule has 3 atom stereocenters. The van der Waals surface area contributed by atoms with Crippen molar-refractivity contribution in [1.82, 2.24) is 0 Å². The van der Waals surface area contributed by atoms with Crippen molar-refractivity contribution < 1.29 is 14.3 Å². The third-order valence-electron chi connectivity index (χ3n) is 5.04. The van der Waals surface area contributed by atoms with Gasteiger partial charge in [-0.05, 0) is 43.2 Å². The van der Waals surface area contributed by atoms with Crippen LogP contribution < -0.4 is 10.1 Å². The maximum absolute atomic E-state index is 12.8. The number of hydrogen-bond donors (Lipinski definition) is 1. The smallest absolute Gasteiger partial charge is 0.262 e. The number of halogens is 1.